The van der Waals surface area contributed by atoms with Gasteiger partial charge in [0.2, 0.25) is 0 Å². The first-order valence-corrected chi connectivity index (χ1v) is 8.76. The number of hydrogen-bond acceptors (Lipinski definition) is 4. The van der Waals surface area contributed by atoms with E-state index in [-0.39, 0.29) is 17.0 Å². The number of carbonyl (C=O) groups is 1. The number of pyridine rings is 1. The van der Waals surface area contributed by atoms with E-state index in [0.29, 0.717) is 19.0 Å². The van der Waals surface area contributed by atoms with E-state index in [2.05, 4.69) is 33.3 Å². The summed E-state index contributed by atoms with van der Waals surface area (Å²) in [5.41, 5.74) is -0.104. The van der Waals surface area contributed by atoms with Gasteiger partial charge in [0.05, 0.1) is 0 Å². The van der Waals surface area contributed by atoms with Crippen LogP contribution in [0.25, 0.3) is 0 Å². The number of aromatic nitrogens is 3. The molecule has 3 rings (SSSR count). The summed E-state index contributed by atoms with van der Waals surface area (Å²) in [7, 11) is 0. The standard InChI is InChI=1S/C18H25N5O2/c1-14(2)16-19-6-7-22(16)11-8-21-9-12-23(13-10-21)18(25)15-4-3-5-20-17(15)24/h3-7,14H,8-13H2,1-2H3,(H,20,24). The molecule has 7 heteroatoms. The minimum absolute atomic E-state index is 0.182. The number of aromatic amines is 1. The van der Waals surface area contributed by atoms with Crippen molar-refractivity contribution in [3.8, 4) is 0 Å². The van der Waals surface area contributed by atoms with Gasteiger partial charge in [-0.25, -0.2) is 4.98 Å². The van der Waals surface area contributed by atoms with Gasteiger partial charge in [-0.15, -0.1) is 0 Å². The molecule has 2 aromatic rings. The fraction of sp³-hybridized carbons (Fsp3) is 0.500. The van der Waals surface area contributed by atoms with Crippen molar-refractivity contribution in [3.05, 3.63) is 52.5 Å². The lowest BCUT2D eigenvalue weighted by molar-refractivity contribution is 0.0631. The molecule has 1 aliphatic rings. The maximum absolute atomic E-state index is 12.5. The Balaban J connectivity index is 1.52. The molecule has 3 heterocycles. The molecule has 2 aromatic heterocycles. The summed E-state index contributed by atoms with van der Waals surface area (Å²) in [6, 6.07) is 3.27. The summed E-state index contributed by atoms with van der Waals surface area (Å²) >= 11 is 0. The average molecular weight is 343 g/mol. The highest BCUT2D eigenvalue weighted by Crippen LogP contribution is 2.12. The lowest BCUT2D eigenvalue weighted by Crippen LogP contribution is -2.50. The number of piperazine rings is 1. The van der Waals surface area contributed by atoms with Crippen LogP contribution in [0.5, 0.6) is 0 Å². The average Bonchev–Trinajstić information content (AvgIpc) is 3.09. The summed E-state index contributed by atoms with van der Waals surface area (Å²) in [4.78, 5) is 35.3. The van der Waals surface area contributed by atoms with Crippen molar-refractivity contribution in [1.29, 1.82) is 0 Å². The number of nitrogens with one attached hydrogen (secondary N) is 1. The molecule has 134 valence electrons. The van der Waals surface area contributed by atoms with E-state index in [9.17, 15) is 9.59 Å². The Hall–Kier alpha value is -2.41. The van der Waals surface area contributed by atoms with Gasteiger partial charge in [-0.2, -0.15) is 0 Å². The molecule has 0 saturated carbocycles. The first-order valence-electron chi connectivity index (χ1n) is 8.76. The van der Waals surface area contributed by atoms with Crippen molar-refractivity contribution < 1.29 is 4.79 Å². The number of hydrogen-bond donors (Lipinski definition) is 1. The van der Waals surface area contributed by atoms with Crippen LogP contribution in [0, 0.1) is 0 Å². The van der Waals surface area contributed by atoms with Gasteiger partial charge in [0, 0.05) is 63.8 Å². The molecule has 1 fully saturated rings. The first kappa shape index (κ1) is 17.4. The predicted molar refractivity (Wildman–Crippen MR) is 95.7 cm³/mol. The minimum Gasteiger partial charge on any atom is -0.336 e. The van der Waals surface area contributed by atoms with Crippen LogP contribution >= 0.6 is 0 Å². The fourth-order valence-corrected chi connectivity index (χ4v) is 3.19. The first-order chi connectivity index (χ1) is 12.1. The van der Waals surface area contributed by atoms with E-state index in [1.807, 2.05) is 12.4 Å². The third-order valence-corrected chi connectivity index (χ3v) is 4.63. The maximum Gasteiger partial charge on any atom is 0.260 e. The number of H-pyrrole nitrogens is 1. The molecule has 0 atom stereocenters. The van der Waals surface area contributed by atoms with Crippen LogP contribution in [0.2, 0.25) is 0 Å². The molecule has 1 amide bonds. The number of carbonyl (C=O) groups excluding carboxylic acids is 1. The molecule has 1 N–H and O–H groups in total. The van der Waals surface area contributed by atoms with E-state index >= 15 is 0 Å². The molecule has 0 bridgehead atoms. The van der Waals surface area contributed by atoms with Crippen LogP contribution in [0.4, 0.5) is 0 Å². The quantitative estimate of drug-likeness (QED) is 0.884. The molecular formula is C18H25N5O2. The highest BCUT2D eigenvalue weighted by Gasteiger charge is 2.23. The molecule has 25 heavy (non-hydrogen) atoms. The van der Waals surface area contributed by atoms with Crippen LogP contribution in [0.3, 0.4) is 0 Å². The van der Waals surface area contributed by atoms with Gasteiger partial charge in [-0.05, 0) is 12.1 Å². The predicted octanol–water partition coefficient (Wildman–Crippen LogP) is 1.15. The molecule has 0 radical (unpaired) electrons. The third-order valence-electron chi connectivity index (χ3n) is 4.63. The Morgan fingerprint density at radius 1 is 1.24 bits per heavy atom. The summed E-state index contributed by atoms with van der Waals surface area (Å²) < 4.78 is 2.20. The summed E-state index contributed by atoms with van der Waals surface area (Å²) in [5, 5.41) is 0. The Morgan fingerprint density at radius 3 is 2.68 bits per heavy atom. The molecule has 7 nitrogen and oxygen atoms in total. The van der Waals surface area contributed by atoms with Crippen LogP contribution < -0.4 is 5.56 Å². The summed E-state index contributed by atoms with van der Waals surface area (Å²) in [6.45, 7) is 9.07. The molecule has 0 unspecified atom stereocenters. The zero-order valence-electron chi connectivity index (χ0n) is 14.8. The zero-order chi connectivity index (χ0) is 17.8. The summed E-state index contributed by atoms with van der Waals surface area (Å²) in [6.07, 6.45) is 5.42. The molecule has 0 aliphatic carbocycles. The van der Waals surface area contributed by atoms with Crippen LogP contribution in [-0.2, 0) is 6.54 Å². The van der Waals surface area contributed by atoms with Crippen molar-refractivity contribution in [2.24, 2.45) is 0 Å². The number of rotatable bonds is 5. The van der Waals surface area contributed by atoms with Crippen LogP contribution in [0.15, 0.2) is 35.5 Å². The lowest BCUT2D eigenvalue weighted by atomic mass is 10.2. The van der Waals surface area contributed by atoms with E-state index in [1.54, 1.807) is 23.2 Å². The van der Waals surface area contributed by atoms with Crippen molar-refractivity contribution in [3.63, 3.8) is 0 Å². The Bertz CT molecular complexity index is 772. The highest BCUT2D eigenvalue weighted by molar-refractivity contribution is 5.93. The second kappa shape index (κ2) is 7.65. The monoisotopic (exact) mass is 343 g/mol. The maximum atomic E-state index is 12.5. The minimum atomic E-state index is -0.323. The summed E-state index contributed by atoms with van der Waals surface area (Å²) in [5.74, 6) is 1.34. The number of imidazole rings is 1. The van der Waals surface area contributed by atoms with E-state index in [0.717, 1.165) is 32.0 Å². The second-order valence-corrected chi connectivity index (χ2v) is 6.68. The number of amides is 1. The molecular weight excluding hydrogens is 318 g/mol. The SMILES string of the molecule is CC(C)c1nccn1CCN1CCN(C(=O)c2ccc[nH]c2=O)CC1. The third kappa shape index (κ3) is 3.99. The van der Waals surface area contributed by atoms with Crippen molar-refractivity contribution in [1.82, 2.24) is 24.3 Å². The Morgan fingerprint density at radius 2 is 2.00 bits per heavy atom. The second-order valence-electron chi connectivity index (χ2n) is 6.68. The lowest BCUT2D eigenvalue weighted by Gasteiger charge is -2.34. The number of nitrogens with zero attached hydrogens (tertiary/aromatic N) is 4. The zero-order valence-corrected chi connectivity index (χ0v) is 14.8. The van der Waals surface area contributed by atoms with Crippen molar-refractivity contribution in [2.45, 2.75) is 26.3 Å². The van der Waals surface area contributed by atoms with E-state index in [4.69, 9.17) is 0 Å². The van der Waals surface area contributed by atoms with Gasteiger partial charge in [0.15, 0.2) is 0 Å². The largest absolute Gasteiger partial charge is 0.336 e. The normalized spacial score (nSPS) is 15.7. The molecule has 0 aromatic carbocycles. The van der Waals surface area contributed by atoms with Gasteiger partial charge in [0.25, 0.3) is 11.5 Å². The fourth-order valence-electron chi connectivity index (χ4n) is 3.19. The van der Waals surface area contributed by atoms with Crippen molar-refractivity contribution in [2.75, 3.05) is 32.7 Å². The topological polar surface area (TPSA) is 74.2 Å². The molecule has 1 saturated heterocycles. The smallest absolute Gasteiger partial charge is 0.260 e. The Kier molecular flexibility index (Phi) is 5.33. The highest BCUT2D eigenvalue weighted by atomic mass is 16.2. The van der Waals surface area contributed by atoms with Gasteiger partial charge >= 0.3 is 0 Å². The molecule has 0 spiro atoms. The van der Waals surface area contributed by atoms with Crippen LogP contribution in [0.1, 0.15) is 35.9 Å². The molecule has 1 aliphatic heterocycles. The van der Waals surface area contributed by atoms with E-state index in [1.165, 1.54) is 0 Å². The Labute approximate surface area is 147 Å². The van der Waals surface area contributed by atoms with Crippen molar-refractivity contribution >= 4 is 5.91 Å². The van der Waals surface area contributed by atoms with Crippen LogP contribution in [-0.4, -0.2) is 63.0 Å². The van der Waals surface area contributed by atoms with E-state index < -0.39 is 0 Å². The van der Waals surface area contributed by atoms with Gasteiger partial charge in [-0.1, -0.05) is 13.8 Å². The van der Waals surface area contributed by atoms with Gasteiger partial charge in [0.1, 0.15) is 11.4 Å². The van der Waals surface area contributed by atoms with Gasteiger partial charge in [-0.3, -0.25) is 14.5 Å². The van der Waals surface area contributed by atoms with Gasteiger partial charge < -0.3 is 14.5 Å².